The molecule has 0 bridgehead atoms. The normalized spacial score (nSPS) is 16.3. The predicted octanol–water partition coefficient (Wildman–Crippen LogP) is 3.43. The van der Waals surface area contributed by atoms with Gasteiger partial charge < -0.3 is 10.2 Å². The number of nitrogens with one attached hydrogen (secondary N) is 1. The van der Waals surface area contributed by atoms with Crippen molar-refractivity contribution < 1.29 is 4.79 Å². The molecule has 7 nitrogen and oxygen atoms in total. The summed E-state index contributed by atoms with van der Waals surface area (Å²) in [4.78, 5) is 31.8. The second kappa shape index (κ2) is 9.53. The minimum absolute atomic E-state index is 0.0829. The Morgan fingerprint density at radius 3 is 2.74 bits per heavy atom. The second-order valence-corrected chi connectivity index (χ2v) is 9.34. The Kier molecular flexibility index (Phi) is 6.58. The molecule has 3 heterocycles. The molecule has 1 atom stereocenters. The molecule has 0 saturated carbocycles. The summed E-state index contributed by atoms with van der Waals surface area (Å²) in [6, 6.07) is 12.1. The molecule has 31 heavy (non-hydrogen) atoms. The van der Waals surface area contributed by atoms with Gasteiger partial charge >= 0.3 is 0 Å². The number of carbonyl (C=O) groups is 1. The van der Waals surface area contributed by atoms with E-state index >= 15 is 0 Å². The van der Waals surface area contributed by atoms with Gasteiger partial charge in [0.25, 0.3) is 0 Å². The zero-order valence-corrected chi connectivity index (χ0v) is 19.0. The van der Waals surface area contributed by atoms with Crippen LogP contribution in [0, 0.1) is 6.92 Å². The van der Waals surface area contributed by atoms with Crippen LogP contribution >= 0.6 is 11.3 Å². The lowest BCUT2D eigenvalue weighted by atomic mass is 10.0. The van der Waals surface area contributed by atoms with Crippen LogP contribution < -0.4 is 5.32 Å². The number of rotatable bonds is 8. The summed E-state index contributed by atoms with van der Waals surface area (Å²) < 4.78 is 0. The van der Waals surface area contributed by atoms with Crippen LogP contribution in [-0.2, 0) is 24.4 Å². The minimum atomic E-state index is 0.0829. The van der Waals surface area contributed by atoms with Gasteiger partial charge in [0.1, 0.15) is 11.6 Å². The van der Waals surface area contributed by atoms with E-state index in [0.29, 0.717) is 26.1 Å². The Morgan fingerprint density at radius 2 is 2.03 bits per heavy atom. The smallest absolute Gasteiger partial charge is 0.223 e. The third kappa shape index (κ3) is 5.45. The second-order valence-electron chi connectivity index (χ2n) is 8.02. The highest BCUT2D eigenvalue weighted by atomic mass is 32.1. The monoisotopic (exact) mass is 436 g/mol. The van der Waals surface area contributed by atoms with Crippen molar-refractivity contribution in [2.45, 2.75) is 38.9 Å². The fraction of sp³-hybridized carbons (Fsp3) is 0.391. The fourth-order valence-corrected chi connectivity index (χ4v) is 4.77. The van der Waals surface area contributed by atoms with E-state index in [-0.39, 0.29) is 11.8 Å². The van der Waals surface area contributed by atoms with Crippen LogP contribution in [-0.4, -0.2) is 51.3 Å². The molecule has 4 rings (SSSR count). The lowest BCUT2D eigenvalue weighted by molar-refractivity contribution is -0.128. The summed E-state index contributed by atoms with van der Waals surface area (Å²) in [6.07, 6.45) is 2.42. The van der Waals surface area contributed by atoms with Crippen LogP contribution in [0.1, 0.15) is 39.3 Å². The Balaban J connectivity index is 1.46. The molecule has 0 radical (unpaired) electrons. The van der Waals surface area contributed by atoms with Crippen molar-refractivity contribution in [1.29, 1.82) is 0 Å². The van der Waals surface area contributed by atoms with Crippen LogP contribution in [0.4, 0.5) is 5.82 Å². The first kappa shape index (κ1) is 21.4. The molecule has 0 aliphatic carbocycles. The lowest BCUT2D eigenvalue weighted by Crippen LogP contribution is -2.24. The van der Waals surface area contributed by atoms with Crippen LogP contribution in [0.2, 0.25) is 0 Å². The summed E-state index contributed by atoms with van der Waals surface area (Å²) >= 11 is 1.71. The van der Waals surface area contributed by atoms with Gasteiger partial charge in [-0.1, -0.05) is 30.3 Å². The van der Waals surface area contributed by atoms with Crippen LogP contribution in [0.25, 0.3) is 0 Å². The standard InChI is InChI=1S/C23H28N6OS/c1-16-25-11-19(31-16)14-28(3)15-22-26-20(10-21(24-2)27-22)18-9-23(30)29(13-18)12-17-7-5-4-6-8-17/h4-8,10-11,18H,9,12-15H2,1-3H3,(H,24,26,27)/t18-/m1/s1. The number of carbonyl (C=O) groups excluding carboxylic acids is 1. The fourth-order valence-electron chi connectivity index (χ4n) is 3.89. The van der Waals surface area contributed by atoms with Gasteiger partial charge in [-0.05, 0) is 19.5 Å². The molecule has 8 heteroatoms. The highest BCUT2D eigenvalue weighted by Crippen LogP contribution is 2.29. The Bertz CT molecular complexity index is 1040. The van der Waals surface area contributed by atoms with E-state index in [1.54, 1.807) is 11.3 Å². The number of aromatic nitrogens is 3. The number of hydrogen-bond acceptors (Lipinski definition) is 7. The van der Waals surface area contributed by atoms with Gasteiger partial charge in [0.2, 0.25) is 5.91 Å². The summed E-state index contributed by atoms with van der Waals surface area (Å²) in [6.45, 7) is 4.78. The molecule has 1 fully saturated rings. The molecule has 3 aromatic rings. The molecule has 2 aromatic heterocycles. The summed E-state index contributed by atoms with van der Waals surface area (Å²) in [5.74, 6) is 1.81. The predicted molar refractivity (Wildman–Crippen MR) is 123 cm³/mol. The van der Waals surface area contributed by atoms with Crippen molar-refractivity contribution in [3.05, 3.63) is 69.6 Å². The lowest BCUT2D eigenvalue weighted by Gasteiger charge is -2.18. The zero-order valence-electron chi connectivity index (χ0n) is 18.2. The number of benzene rings is 1. The molecule has 1 aromatic carbocycles. The molecule has 1 aliphatic rings. The Hall–Kier alpha value is -2.84. The van der Waals surface area contributed by atoms with E-state index in [0.717, 1.165) is 34.5 Å². The maximum absolute atomic E-state index is 12.6. The maximum Gasteiger partial charge on any atom is 0.223 e. The highest BCUT2D eigenvalue weighted by Gasteiger charge is 2.32. The molecular formula is C23H28N6OS. The number of aryl methyl sites for hydroxylation is 1. The number of nitrogens with zero attached hydrogens (tertiary/aromatic N) is 5. The van der Waals surface area contributed by atoms with Gasteiger partial charge in [-0.25, -0.2) is 15.0 Å². The zero-order chi connectivity index (χ0) is 21.8. The summed E-state index contributed by atoms with van der Waals surface area (Å²) in [5, 5.41) is 4.22. The maximum atomic E-state index is 12.6. The van der Waals surface area contributed by atoms with E-state index in [1.165, 1.54) is 4.88 Å². The van der Waals surface area contributed by atoms with Crippen molar-refractivity contribution in [2.24, 2.45) is 0 Å². The van der Waals surface area contributed by atoms with E-state index in [9.17, 15) is 4.79 Å². The third-order valence-corrected chi connectivity index (χ3v) is 6.30. The molecule has 0 unspecified atom stereocenters. The number of anilines is 1. The van der Waals surface area contributed by atoms with Crippen molar-refractivity contribution in [1.82, 2.24) is 24.8 Å². The van der Waals surface area contributed by atoms with E-state index < -0.39 is 0 Å². The SMILES string of the molecule is CNc1cc([C@@H]2CC(=O)N(Cc3ccccc3)C2)nc(CN(C)Cc2cnc(C)s2)n1. The molecule has 1 saturated heterocycles. The van der Waals surface area contributed by atoms with Crippen LogP contribution in [0.3, 0.4) is 0 Å². The largest absolute Gasteiger partial charge is 0.373 e. The van der Waals surface area contributed by atoms with Gasteiger partial charge in [-0.15, -0.1) is 11.3 Å². The van der Waals surface area contributed by atoms with Crippen molar-refractivity contribution >= 4 is 23.1 Å². The van der Waals surface area contributed by atoms with Gasteiger partial charge in [-0.2, -0.15) is 0 Å². The molecule has 162 valence electrons. The van der Waals surface area contributed by atoms with E-state index in [2.05, 4.69) is 39.4 Å². The first-order valence-corrected chi connectivity index (χ1v) is 11.3. The van der Waals surface area contributed by atoms with Crippen molar-refractivity contribution in [3.8, 4) is 0 Å². The number of hydrogen-bond donors (Lipinski definition) is 1. The first-order chi connectivity index (χ1) is 15.0. The molecule has 1 N–H and O–H groups in total. The first-order valence-electron chi connectivity index (χ1n) is 10.5. The summed E-state index contributed by atoms with van der Waals surface area (Å²) in [7, 11) is 3.92. The Morgan fingerprint density at radius 1 is 1.23 bits per heavy atom. The number of amides is 1. The third-order valence-electron chi connectivity index (χ3n) is 5.40. The molecular weight excluding hydrogens is 408 g/mol. The van der Waals surface area contributed by atoms with Crippen molar-refractivity contribution in [2.75, 3.05) is 26.0 Å². The Labute approximate surface area is 187 Å². The highest BCUT2D eigenvalue weighted by molar-refractivity contribution is 7.11. The van der Waals surface area contributed by atoms with Gasteiger partial charge in [-0.3, -0.25) is 9.69 Å². The topological polar surface area (TPSA) is 74.2 Å². The quantitative estimate of drug-likeness (QED) is 0.583. The number of likely N-dealkylation sites (tertiary alicyclic amines) is 1. The average molecular weight is 437 g/mol. The average Bonchev–Trinajstić information content (AvgIpc) is 3.33. The van der Waals surface area contributed by atoms with Gasteiger partial charge in [0, 0.05) is 56.2 Å². The van der Waals surface area contributed by atoms with Crippen LogP contribution in [0.15, 0.2) is 42.6 Å². The number of thiazole rings is 1. The molecule has 1 amide bonds. The van der Waals surface area contributed by atoms with Crippen LogP contribution in [0.5, 0.6) is 0 Å². The molecule has 1 aliphatic heterocycles. The molecule has 0 spiro atoms. The summed E-state index contributed by atoms with van der Waals surface area (Å²) in [5.41, 5.74) is 2.08. The van der Waals surface area contributed by atoms with Gasteiger partial charge in [0.05, 0.1) is 17.2 Å². The van der Waals surface area contributed by atoms with Gasteiger partial charge in [0.15, 0.2) is 0 Å². The minimum Gasteiger partial charge on any atom is -0.373 e. The van der Waals surface area contributed by atoms with Crippen molar-refractivity contribution in [3.63, 3.8) is 0 Å². The van der Waals surface area contributed by atoms with E-state index in [4.69, 9.17) is 4.98 Å². The van der Waals surface area contributed by atoms with E-state index in [1.807, 2.05) is 49.3 Å².